The molecule has 0 saturated heterocycles. The molecule has 0 aliphatic carbocycles. The van der Waals surface area contributed by atoms with Crippen molar-refractivity contribution in [1.29, 1.82) is 0 Å². The van der Waals surface area contributed by atoms with E-state index in [-0.39, 0.29) is 11.8 Å². The second-order valence-electron chi connectivity index (χ2n) is 7.20. The fraction of sp³-hybridized carbons (Fsp3) is 0.391. The van der Waals surface area contributed by atoms with Gasteiger partial charge in [0.15, 0.2) is 11.5 Å². The van der Waals surface area contributed by atoms with Crippen molar-refractivity contribution >= 4 is 29.1 Å². The molecule has 6 nitrogen and oxygen atoms in total. The summed E-state index contributed by atoms with van der Waals surface area (Å²) in [4.78, 5) is 26.8. The Morgan fingerprint density at radius 2 is 1.70 bits per heavy atom. The highest BCUT2D eigenvalue weighted by molar-refractivity contribution is 6.32. The van der Waals surface area contributed by atoms with E-state index in [1.165, 1.54) is 7.11 Å². The molecule has 2 aromatic rings. The second-order valence-corrected chi connectivity index (χ2v) is 7.61. The monoisotopic (exact) mass is 432 g/mol. The summed E-state index contributed by atoms with van der Waals surface area (Å²) in [7, 11) is 1.50. The van der Waals surface area contributed by atoms with Gasteiger partial charge in [-0.3, -0.25) is 9.59 Å². The van der Waals surface area contributed by atoms with E-state index in [2.05, 4.69) is 5.32 Å². The topological polar surface area (TPSA) is 67.9 Å². The van der Waals surface area contributed by atoms with Crippen LogP contribution in [-0.2, 0) is 0 Å². The number of amides is 2. The van der Waals surface area contributed by atoms with Crippen LogP contribution in [0.15, 0.2) is 36.4 Å². The van der Waals surface area contributed by atoms with Gasteiger partial charge in [-0.15, -0.1) is 0 Å². The standard InChI is InChI=1S/C23H29ClN2O4/c1-6-26(7-2)23(28)16-8-10-18(11-9-16)25-22(27)17-12-19(24)21(20(13-17)29-5)30-14-15(3)4/h8-13,15H,6-7,14H2,1-5H3,(H,25,27). The molecular weight excluding hydrogens is 404 g/mol. The Labute approximate surface area is 183 Å². The summed E-state index contributed by atoms with van der Waals surface area (Å²) < 4.78 is 11.1. The number of nitrogens with one attached hydrogen (secondary N) is 1. The lowest BCUT2D eigenvalue weighted by atomic mass is 10.1. The first-order valence-corrected chi connectivity index (χ1v) is 10.4. The summed E-state index contributed by atoms with van der Waals surface area (Å²) in [5.74, 6) is 0.766. The normalized spacial score (nSPS) is 10.6. The summed E-state index contributed by atoms with van der Waals surface area (Å²) in [6.07, 6.45) is 0. The van der Waals surface area contributed by atoms with E-state index >= 15 is 0 Å². The van der Waals surface area contributed by atoms with Crippen LogP contribution in [0, 0.1) is 5.92 Å². The average Bonchev–Trinajstić information content (AvgIpc) is 2.73. The van der Waals surface area contributed by atoms with Gasteiger partial charge in [-0.25, -0.2) is 0 Å². The highest BCUT2D eigenvalue weighted by Gasteiger charge is 2.17. The first-order valence-electron chi connectivity index (χ1n) is 10.0. The van der Waals surface area contributed by atoms with E-state index in [9.17, 15) is 9.59 Å². The van der Waals surface area contributed by atoms with Gasteiger partial charge in [0.25, 0.3) is 11.8 Å². The molecule has 0 saturated carbocycles. The maximum absolute atomic E-state index is 12.7. The molecule has 0 unspecified atom stereocenters. The first kappa shape index (κ1) is 23.5. The van der Waals surface area contributed by atoms with E-state index in [0.29, 0.717) is 59.0 Å². The number of carbonyl (C=O) groups is 2. The van der Waals surface area contributed by atoms with Crippen LogP contribution < -0.4 is 14.8 Å². The summed E-state index contributed by atoms with van der Waals surface area (Å²) in [5, 5.41) is 3.12. The molecule has 0 aromatic heterocycles. The molecule has 0 aliphatic rings. The SMILES string of the molecule is CCN(CC)C(=O)c1ccc(NC(=O)c2cc(Cl)c(OCC(C)C)c(OC)c2)cc1. The zero-order valence-electron chi connectivity index (χ0n) is 18.1. The van der Waals surface area contributed by atoms with Crippen molar-refractivity contribution in [2.45, 2.75) is 27.7 Å². The van der Waals surface area contributed by atoms with Gasteiger partial charge in [0.2, 0.25) is 0 Å². The Hall–Kier alpha value is -2.73. The zero-order valence-corrected chi connectivity index (χ0v) is 18.9. The minimum absolute atomic E-state index is 0.0358. The van der Waals surface area contributed by atoms with Crippen LogP contribution in [0.3, 0.4) is 0 Å². The summed E-state index contributed by atoms with van der Waals surface area (Å²) in [5.41, 5.74) is 1.50. The van der Waals surface area contributed by atoms with E-state index < -0.39 is 0 Å². The van der Waals surface area contributed by atoms with Crippen molar-refractivity contribution < 1.29 is 19.1 Å². The van der Waals surface area contributed by atoms with Gasteiger partial charge in [-0.05, 0) is 56.2 Å². The number of ether oxygens (including phenoxy) is 2. The van der Waals surface area contributed by atoms with Crippen LogP contribution in [-0.4, -0.2) is 43.5 Å². The molecule has 2 rings (SSSR count). The molecule has 0 atom stereocenters. The van der Waals surface area contributed by atoms with Crippen LogP contribution in [0.4, 0.5) is 5.69 Å². The molecule has 1 N–H and O–H groups in total. The van der Waals surface area contributed by atoms with E-state index in [0.717, 1.165) is 0 Å². The maximum atomic E-state index is 12.7. The molecule has 0 fully saturated rings. The van der Waals surface area contributed by atoms with Crippen molar-refractivity contribution in [3.05, 3.63) is 52.5 Å². The molecule has 0 bridgehead atoms. The molecule has 2 aromatic carbocycles. The highest BCUT2D eigenvalue weighted by Crippen LogP contribution is 2.37. The third-order valence-corrected chi connectivity index (χ3v) is 4.77. The number of halogens is 1. The lowest BCUT2D eigenvalue weighted by Gasteiger charge is -2.18. The van der Waals surface area contributed by atoms with E-state index in [1.54, 1.807) is 41.3 Å². The predicted octanol–water partition coefficient (Wildman–Crippen LogP) is 5.12. The number of methoxy groups -OCH3 is 1. The molecule has 7 heteroatoms. The molecule has 0 spiro atoms. The average molecular weight is 433 g/mol. The summed E-state index contributed by atoms with van der Waals surface area (Å²) in [6.45, 7) is 9.72. The van der Waals surface area contributed by atoms with Gasteiger partial charge in [0, 0.05) is 29.9 Å². The van der Waals surface area contributed by atoms with Gasteiger partial charge in [0.05, 0.1) is 18.7 Å². The molecule has 0 radical (unpaired) electrons. The number of carbonyl (C=O) groups excluding carboxylic acids is 2. The summed E-state index contributed by atoms with van der Waals surface area (Å²) >= 11 is 6.33. The Kier molecular flexibility index (Phi) is 8.54. The number of hydrogen-bond acceptors (Lipinski definition) is 4. The lowest BCUT2D eigenvalue weighted by Crippen LogP contribution is -2.30. The van der Waals surface area contributed by atoms with E-state index in [1.807, 2.05) is 27.7 Å². The first-order chi connectivity index (χ1) is 14.3. The van der Waals surface area contributed by atoms with Gasteiger partial charge >= 0.3 is 0 Å². The molecule has 30 heavy (non-hydrogen) atoms. The largest absolute Gasteiger partial charge is 0.493 e. The van der Waals surface area contributed by atoms with Crippen LogP contribution >= 0.6 is 11.6 Å². The number of anilines is 1. The quantitative estimate of drug-likeness (QED) is 0.597. The molecular formula is C23H29ClN2O4. The third kappa shape index (κ3) is 5.89. The number of nitrogens with zero attached hydrogens (tertiary/aromatic N) is 1. The Morgan fingerprint density at radius 3 is 2.23 bits per heavy atom. The van der Waals surface area contributed by atoms with Gasteiger partial charge < -0.3 is 19.7 Å². The predicted molar refractivity (Wildman–Crippen MR) is 120 cm³/mol. The molecule has 162 valence electrons. The number of rotatable bonds is 9. The van der Waals surface area contributed by atoms with Crippen molar-refractivity contribution in [1.82, 2.24) is 4.90 Å². The van der Waals surface area contributed by atoms with Gasteiger partial charge in [0.1, 0.15) is 0 Å². The van der Waals surface area contributed by atoms with Crippen molar-refractivity contribution in [3.63, 3.8) is 0 Å². The van der Waals surface area contributed by atoms with E-state index in [4.69, 9.17) is 21.1 Å². The van der Waals surface area contributed by atoms with Crippen molar-refractivity contribution in [2.24, 2.45) is 5.92 Å². The Bertz CT molecular complexity index is 878. The molecule has 0 heterocycles. The second kappa shape index (κ2) is 10.9. The Balaban J connectivity index is 2.15. The van der Waals surface area contributed by atoms with Crippen LogP contribution in [0.1, 0.15) is 48.4 Å². The number of hydrogen-bond donors (Lipinski definition) is 1. The minimum atomic E-state index is -0.339. The fourth-order valence-corrected chi connectivity index (χ4v) is 3.10. The van der Waals surface area contributed by atoms with Crippen LogP contribution in [0.2, 0.25) is 5.02 Å². The minimum Gasteiger partial charge on any atom is -0.493 e. The Morgan fingerprint density at radius 1 is 1.07 bits per heavy atom. The highest BCUT2D eigenvalue weighted by atomic mass is 35.5. The fourth-order valence-electron chi connectivity index (χ4n) is 2.83. The smallest absolute Gasteiger partial charge is 0.255 e. The molecule has 2 amide bonds. The summed E-state index contributed by atoms with van der Waals surface area (Å²) in [6, 6.07) is 9.95. The maximum Gasteiger partial charge on any atom is 0.255 e. The van der Waals surface area contributed by atoms with Crippen LogP contribution in [0.5, 0.6) is 11.5 Å². The van der Waals surface area contributed by atoms with Gasteiger partial charge in [-0.1, -0.05) is 25.4 Å². The van der Waals surface area contributed by atoms with Crippen molar-refractivity contribution in [2.75, 3.05) is 32.1 Å². The third-order valence-electron chi connectivity index (χ3n) is 4.49. The molecule has 0 aliphatic heterocycles. The number of benzene rings is 2. The van der Waals surface area contributed by atoms with Crippen LogP contribution in [0.25, 0.3) is 0 Å². The van der Waals surface area contributed by atoms with Gasteiger partial charge in [-0.2, -0.15) is 0 Å². The lowest BCUT2D eigenvalue weighted by molar-refractivity contribution is 0.0773. The van der Waals surface area contributed by atoms with Crippen molar-refractivity contribution in [3.8, 4) is 11.5 Å². The zero-order chi connectivity index (χ0) is 22.3.